The van der Waals surface area contributed by atoms with Gasteiger partial charge in [0.05, 0.1) is 30.8 Å². The van der Waals surface area contributed by atoms with Crippen molar-refractivity contribution >= 4 is 0 Å². The van der Waals surface area contributed by atoms with E-state index in [0.29, 0.717) is 37.4 Å². The number of furan rings is 1. The van der Waals surface area contributed by atoms with Crippen LogP contribution in [0.15, 0.2) is 35.7 Å². The van der Waals surface area contributed by atoms with Gasteiger partial charge in [0.1, 0.15) is 5.60 Å². The standard InChI is InChI=1S/C26H38O4/c1-4-14-30-20-7-10-23(2)18(16-20)5-6-22-21(23)8-11-24(3)25(27,12-13-26(22,24)28)19-9-15-29-17-19/h4,9,15,17-18,20-22,27-28H,1,5-8,10-14,16H2,2-3H3/t18?,20?,21-,22-,23+,24-,25?,26-/m1/s1. The molecule has 0 aliphatic heterocycles. The Morgan fingerprint density at radius 2 is 1.93 bits per heavy atom. The lowest BCUT2D eigenvalue weighted by molar-refractivity contribution is -0.239. The summed E-state index contributed by atoms with van der Waals surface area (Å²) in [6.07, 6.45) is 14.4. The highest BCUT2D eigenvalue weighted by atomic mass is 16.5. The summed E-state index contributed by atoms with van der Waals surface area (Å²) in [4.78, 5) is 0. The molecular formula is C26H38O4. The lowest BCUT2D eigenvalue weighted by Crippen LogP contribution is -2.64. The quantitative estimate of drug-likeness (QED) is 0.665. The van der Waals surface area contributed by atoms with Crippen LogP contribution in [0, 0.1) is 28.6 Å². The molecule has 0 radical (unpaired) electrons. The maximum atomic E-state index is 12.2. The molecule has 4 nitrogen and oxygen atoms in total. The monoisotopic (exact) mass is 414 g/mol. The van der Waals surface area contributed by atoms with E-state index in [1.54, 1.807) is 12.5 Å². The molecule has 2 N–H and O–H groups in total. The lowest BCUT2D eigenvalue weighted by Gasteiger charge is -2.64. The fourth-order valence-electron chi connectivity index (χ4n) is 8.52. The Morgan fingerprint density at radius 1 is 1.10 bits per heavy atom. The molecule has 1 aromatic rings. The molecule has 4 fully saturated rings. The van der Waals surface area contributed by atoms with Crippen LogP contribution in [-0.2, 0) is 10.3 Å². The molecule has 5 rings (SSSR count). The van der Waals surface area contributed by atoms with Crippen molar-refractivity contribution < 1.29 is 19.4 Å². The van der Waals surface area contributed by atoms with Gasteiger partial charge in [-0.2, -0.15) is 0 Å². The zero-order valence-corrected chi connectivity index (χ0v) is 18.6. The molecule has 8 atom stereocenters. The molecule has 0 amide bonds. The third kappa shape index (κ3) is 2.56. The lowest BCUT2D eigenvalue weighted by atomic mass is 9.43. The van der Waals surface area contributed by atoms with Crippen LogP contribution >= 0.6 is 0 Å². The van der Waals surface area contributed by atoms with Gasteiger partial charge in [-0.15, -0.1) is 6.58 Å². The first-order valence-electron chi connectivity index (χ1n) is 12.0. The molecule has 30 heavy (non-hydrogen) atoms. The molecule has 4 aliphatic carbocycles. The van der Waals surface area contributed by atoms with Crippen LogP contribution in [0.2, 0.25) is 0 Å². The Labute approximate surface area is 180 Å². The van der Waals surface area contributed by atoms with Crippen molar-refractivity contribution in [1.82, 2.24) is 0 Å². The minimum atomic E-state index is -1.01. The summed E-state index contributed by atoms with van der Waals surface area (Å²) < 4.78 is 11.3. The van der Waals surface area contributed by atoms with Crippen molar-refractivity contribution in [2.75, 3.05) is 6.61 Å². The van der Waals surface area contributed by atoms with Gasteiger partial charge in [-0.05, 0) is 87.0 Å². The molecule has 0 bridgehead atoms. The van der Waals surface area contributed by atoms with Gasteiger partial charge in [0.15, 0.2) is 0 Å². The zero-order valence-electron chi connectivity index (χ0n) is 18.6. The highest BCUT2D eigenvalue weighted by molar-refractivity contribution is 5.30. The minimum absolute atomic E-state index is 0.268. The van der Waals surface area contributed by atoms with Crippen LogP contribution in [0.3, 0.4) is 0 Å². The molecular weight excluding hydrogens is 376 g/mol. The van der Waals surface area contributed by atoms with Gasteiger partial charge < -0.3 is 19.4 Å². The zero-order chi connectivity index (χ0) is 21.2. The topological polar surface area (TPSA) is 62.8 Å². The summed E-state index contributed by atoms with van der Waals surface area (Å²) in [6.45, 7) is 9.06. The predicted molar refractivity (Wildman–Crippen MR) is 116 cm³/mol. The van der Waals surface area contributed by atoms with E-state index in [0.717, 1.165) is 44.1 Å². The van der Waals surface area contributed by atoms with Crippen LogP contribution < -0.4 is 0 Å². The van der Waals surface area contributed by atoms with E-state index >= 15 is 0 Å². The van der Waals surface area contributed by atoms with Gasteiger partial charge in [0.2, 0.25) is 0 Å². The molecule has 4 aliphatic rings. The molecule has 3 unspecified atom stereocenters. The number of rotatable bonds is 4. The number of hydrogen-bond acceptors (Lipinski definition) is 4. The van der Waals surface area contributed by atoms with Crippen LogP contribution in [0.1, 0.15) is 77.2 Å². The Morgan fingerprint density at radius 3 is 2.67 bits per heavy atom. The van der Waals surface area contributed by atoms with Crippen molar-refractivity contribution in [2.45, 2.75) is 88.9 Å². The second kappa shape index (κ2) is 6.95. The molecule has 0 spiro atoms. The van der Waals surface area contributed by atoms with E-state index in [1.165, 1.54) is 6.42 Å². The average molecular weight is 415 g/mol. The van der Waals surface area contributed by atoms with E-state index in [9.17, 15) is 10.2 Å². The van der Waals surface area contributed by atoms with Gasteiger partial charge >= 0.3 is 0 Å². The van der Waals surface area contributed by atoms with Gasteiger partial charge in [0.25, 0.3) is 0 Å². The van der Waals surface area contributed by atoms with E-state index < -0.39 is 16.6 Å². The van der Waals surface area contributed by atoms with Crippen LogP contribution in [0.5, 0.6) is 0 Å². The first-order chi connectivity index (χ1) is 14.3. The van der Waals surface area contributed by atoms with Crippen LogP contribution in [0.25, 0.3) is 0 Å². The first kappa shape index (κ1) is 20.8. The third-order valence-corrected chi connectivity index (χ3v) is 10.4. The molecule has 0 aromatic carbocycles. The van der Waals surface area contributed by atoms with Crippen molar-refractivity contribution in [1.29, 1.82) is 0 Å². The summed E-state index contributed by atoms with van der Waals surface area (Å²) in [5.41, 5.74) is -1.25. The van der Waals surface area contributed by atoms with Crippen LogP contribution in [0.4, 0.5) is 0 Å². The highest BCUT2D eigenvalue weighted by Gasteiger charge is 2.72. The molecule has 1 aromatic heterocycles. The van der Waals surface area contributed by atoms with E-state index in [-0.39, 0.29) is 11.3 Å². The maximum Gasteiger partial charge on any atom is 0.101 e. The van der Waals surface area contributed by atoms with Crippen LogP contribution in [-0.4, -0.2) is 28.5 Å². The average Bonchev–Trinajstić information content (AvgIpc) is 3.34. The second-order valence-electron chi connectivity index (χ2n) is 11.2. The Balaban J connectivity index is 1.43. The number of ether oxygens (including phenoxy) is 1. The molecule has 4 heteroatoms. The normalized spacial score (nSPS) is 50.4. The Hall–Kier alpha value is -1.10. The second-order valence-corrected chi connectivity index (χ2v) is 11.2. The van der Waals surface area contributed by atoms with Gasteiger partial charge in [-0.3, -0.25) is 0 Å². The third-order valence-electron chi connectivity index (χ3n) is 10.4. The first-order valence-corrected chi connectivity index (χ1v) is 12.0. The fourth-order valence-corrected chi connectivity index (χ4v) is 8.52. The molecule has 0 saturated heterocycles. The minimum Gasteiger partial charge on any atom is -0.472 e. The summed E-state index contributed by atoms with van der Waals surface area (Å²) in [5, 5.41) is 24.1. The number of aliphatic hydroxyl groups is 2. The summed E-state index contributed by atoms with van der Waals surface area (Å²) in [6, 6.07) is 1.88. The maximum absolute atomic E-state index is 12.2. The van der Waals surface area contributed by atoms with Crippen molar-refractivity contribution in [3.05, 3.63) is 36.8 Å². The Kier molecular flexibility index (Phi) is 4.81. The van der Waals surface area contributed by atoms with E-state index in [1.807, 2.05) is 12.1 Å². The summed E-state index contributed by atoms with van der Waals surface area (Å²) >= 11 is 0. The van der Waals surface area contributed by atoms with Crippen molar-refractivity contribution in [2.24, 2.45) is 28.6 Å². The summed E-state index contributed by atoms with van der Waals surface area (Å²) in [5.74, 6) is 1.47. The highest BCUT2D eigenvalue weighted by Crippen LogP contribution is 2.71. The van der Waals surface area contributed by atoms with Gasteiger partial charge in [-0.1, -0.05) is 19.9 Å². The number of fused-ring (bicyclic) bond motifs is 5. The molecule has 166 valence electrons. The SMILES string of the molecule is C=CCOC1CC[C@@]2(C)C(CC[C@@H]3[C@H]2CC[C@]2(C)C(O)(c4ccoc4)CC[C@@]32O)C1. The summed E-state index contributed by atoms with van der Waals surface area (Å²) in [7, 11) is 0. The van der Waals surface area contributed by atoms with E-state index in [2.05, 4.69) is 20.4 Å². The largest absolute Gasteiger partial charge is 0.472 e. The smallest absolute Gasteiger partial charge is 0.101 e. The van der Waals surface area contributed by atoms with Gasteiger partial charge in [0, 0.05) is 11.0 Å². The molecule has 1 heterocycles. The number of hydrogen-bond donors (Lipinski definition) is 2. The van der Waals surface area contributed by atoms with E-state index in [4.69, 9.17) is 9.15 Å². The fraction of sp³-hybridized carbons (Fsp3) is 0.769. The van der Waals surface area contributed by atoms with Crippen molar-refractivity contribution in [3.8, 4) is 0 Å². The Bertz CT molecular complexity index is 789. The van der Waals surface area contributed by atoms with Gasteiger partial charge in [-0.25, -0.2) is 0 Å². The predicted octanol–water partition coefficient (Wildman–Crippen LogP) is 5.20. The van der Waals surface area contributed by atoms with Crippen molar-refractivity contribution in [3.63, 3.8) is 0 Å². The molecule has 4 saturated carbocycles.